The Kier molecular flexibility index (Phi) is 3.84. The van der Waals surface area contributed by atoms with Gasteiger partial charge in [-0.15, -0.1) is 8.78 Å². The normalized spacial score (nSPS) is 30.0. The third-order valence-electron chi connectivity index (χ3n) is 4.22. The second-order valence-electron chi connectivity index (χ2n) is 6.01. The zero-order chi connectivity index (χ0) is 17.5. The van der Waals surface area contributed by atoms with E-state index in [1.165, 1.54) is 12.1 Å². The first-order valence-corrected chi connectivity index (χ1v) is 7.52. The van der Waals surface area contributed by atoms with E-state index in [1.54, 1.807) is 19.9 Å². The van der Waals surface area contributed by atoms with E-state index in [1.807, 2.05) is 0 Å². The third kappa shape index (κ3) is 2.76. The van der Waals surface area contributed by atoms with Gasteiger partial charge in [0, 0.05) is 0 Å². The monoisotopic (exact) mass is 338 g/mol. The van der Waals surface area contributed by atoms with Crippen LogP contribution in [0.1, 0.15) is 31.9 Å². The number of nitriles is 1. The highest BCUT2D eigenvalue weighted by molar-refractivity contribution is 5.76. The summed E-state index contributed by atoms with van der Waals surface area (Å²) in [4.78, 5) is 12.0. The van der Waals surface area contributed by atoms with Gasteiger partial charge in [-0.1, -0.05) is 6.07 Å². The number of carbonyl (C=O) groups is 1. The number of halogens is 2. The Morgan fingerprint density at radius 1 is 1.46 bits per heavy atom. The number of carbonyl (C=O) groups excluding carboxylic acids is 1. The van der Waals surface area contributed by atoms with Gasteiger partial charge >= 0.3 is 12.3 Å². The molecule has 1 N–H and O–H groups in total. The third-order valence-corrected chi connectivity index (χ3v) is 4.22. The zero-order valence-electron chi connectivity index (χ0n) is 13.1. The van der Waals surface area contributed by atoms with Crippen LogP contribution in [-0.4, -0.2) is 24.9 Å². The Hall–Kier alpha value is -2.40. The summed E-state index contributed by atoms with van der Waals surface area (Å²) in [6.45, 7) is 3.65. The number of hydrogen-bond acceptors (Lipinski definition) is 6. The fraction of sp³-hybridized carbons (Fsp3) is 0.500. The van der Waals surface area contributed by atoms with Gasteiger partial charge in [0.1, 0.15) is 6.04 Å². The Bertz CT molecular complexity index is 719. The fourth-order valence-electron chi connectivity index (χ4n) is 3.10. The Morgan fingerprint density at radius 3 is 2.83 bits per heavy atom. The summed E-state index contributed by atoms with van der Waals surface area (Å²) in [6, 6.07) is 5.39. The number of esters is 1. The molecule has 0 saturated carbocycles. The zero-order valence-corrected chi connectivity index (χ0v) is 13.1. The van der Waals surface area contributed by atoms with E-state index in [9.17, 15) is 18.8 Å². The minimum Gasteiger partial charge on any atom is -0.465 e. The molecule has 3 atom stereocenters. The molecule has 1 saturated heterocycles. The van der Waals surface area contributed by atoms with Crippen LogP contribution in [0.5, 0.6) is 11.5 Å². The van der Waals surface area contributed by atoms with E-state index in [4.69, 9.17) is 4.74 Å². The number of fused-ring (bicyclic) bond motifs is 1. The van der Waals surface area contributed by atoms with Crippen LogP contribution < -0.4 is 14.8 Å². The van der Waals surface area contributed by atoms with Gasteiger partial charge in [-0.25, -0.2) is 0 Å². The van der Waals surface area contributed by atoms with Crippen molar-refractivity contribution >= 4 is 5.97 Å². The molecular weight excluding hydrogens is 322 g/mol. The van der Waals surface area contributed by atoms with Crippen molar-refractivity contribution in [3.8, 4) is 17.6 Å². The van der Waals surface area contributed by atoms with E-state index in [0.717, 1.165) is 0 Å². The van der Waals surface area contributed by atoms with Crippen molar-refractivity contribution in [1.82, 2.24) is 5.32 Å². The summed E-state index contributed by atoms with van der Waals surface area (Å²) in [5.41, 5.74) is -0.334. The molecule has 2 unspecified atom stereocenters. The first kappa shape index (κ1) is 16.5. The number of nitrogens with zero attached hydrogens (tertiary/aromatic N) is 1. The smallest absolute Gasteiger partial charge is 0.465 e. The average molecular weight is 338 g/mol. The molecule has 1 aromatic carbocycles. The van der Waals surface area contributed by atoms with Crippen molar-refractivity contribution in [2.24, 2.45) is 5.41 Å². The van der Waals surface area contributed by atoms with Gasteiger partial charge in [0.05, 0.1) is 24.1 Å². The molecule has 0 radical (unpaired) electrons. The number of rotatable bonds is 3. The quantitative estimate of drug-likeness (QED) is 0.853. The summed E-state index contributed by atoms with van der Waals surface area (Å²) in [5.74, 6) is -0.602. The molecule has 2 heterocycles. The average Bonchev–Trinajstić information content (AvgIpc) is 3.02. The van der Waals surface area contributed by atoms with Crippen molar-refractivity contribution in [3.63, 3.8) is 0 Å². The van der Waals surface area contributed by atoms with Crippen molar-refractivity contribution in [1.29, 1.82) is 5.26 Å². The Labute approximate surface area is 137 Å². The lowest BCUT2D eigenvalue weighted by atomic mass is 9.80. The van der Waals surface area contributed by atoms with Gasteiger partial charge in [-0.05, 0) is 38.0 Å². The minimum atomic E-state index is -3.70. The van der Waals surface area contributed by atoms with Gasteiger partial charge < -0.3 is 14.2 Å². The molecule has 0 aliphatic carbocycles. The number of benzene rings is 1. The van der Waals surface area contributed by atoms with Crippen LogP contribution >= 0.6 is 0 Å². The number of ether oxygens (including phenoxy) is 3. The van der Waals surface area contributed by atoms with Crippen LogP contribution in [0, 0.1) is 16.7 Å². The molecule has 1 fully saturated rings. The van der Waals surface area contributed by atoms with Crippen molar-refractivity contribution in [2.75, 3.05) is 6.61 Å². The number of alkyl halides is 2. The lowest BCUT2D eigenvalue weighted by molar-refractivity contribution is -0.286. The van der Waals surface area contributed by atoms with Gasteiger partial charge in [0.25, 0.3) is 0 Å². The molecule has 1 aromatic rings. The van der Waals surface area contributed by atoms with Crippen molar-refractivity contribution in [3.05, 3.63) is 23.8 Å². The first-order chi connectivity index (χ1) is 11.3. The molecule has 0 bridgehead atoms. The number of hydrogen-bond donors (Lipinski definition) is 1. The SMILES string of the molecule is CCOC(=O)C1C[C@](C)(C#N)C(c2ccc3c(c2)OC(F)(F)O3)N1. The second-order valence-corrected chi connectivity index (χ2v) is 6.01. The minimum absolute atomic E-state index is 0.0673. The van der Waals surface area contributed by atoms with Crippen molar-refractivity contribution in [2.45, 2.75) is 38.6 Å². The van der Waals surface area contributed by atoms with Crippen LogP contribution in [0.2, 0.25) is 0 Å². The predicted molar refractivity (Wildman–Crippen MR) is 77.3 cm³/mol. The maximum absolute atomic E-state index is 13.1. The maximum atomic E-state index is 13.1. The standard InChI is InChI=1S/C16H16F2N2O4/c1-3-22-14(21)10-7-15(2,8-19)13(20-10)9-4-5-11-12(6-9)24-16(17,18)23-11/h4-6,10,13,20H,3,7H2,1-2H3/t10?,13?,15-/m1/s1. The van der Waals surface area contributed by atoms with Gasteiger partial charge in [-0.2, -0.15) is 5.26 Å². The highest BCUT2D eigenvalue weighted by Gasteiger charge is 2.49. The molecule has 0 spiro atoms. The summed E-state index contributed by atoms with van der Waals surface area (Å²) in [5, 5.41) is 12.6. The predicted octanol–water partition coefficient (Wildman–Crippen LogP) is 2.50. The Morgan fingerprint density at radius 2 is 2.17 bits per heavy atom. The van der Waals surface area contributed by atoms with Crippen LogP contribution in [0.4, 0.5) is 8.78 Å². The van der Waals surface area contributed by atoms with E-state index >= 15 is 0 Å². The Balaban J connectivity index is 1.89. The molecule has 128 valence electrons. The summed E-state index contributed by atoms with van der Waals surface area (Å²) < 4.78 is 40.1. The molecule has 0 aromatic heterocycles. The molecular formula is C16H16F2N2O4. The summed E-state index contributed by atoms with van der Waals surface area (Å²) in [6.07, 6.45) is -3.44. The van der Waals surface area contributed by atoms with Crippen LogP contribution in [0.15, 0.2) is 18.2 Å². The van der Waals surface area contributed by atoms with Gasteiger partial charge in [0.15, 0.2) is 11.5 Å². The molecule has 0 amide bonds. The van der Waals surface area contributed by atoms with Crippen LogP contribution in [0.3, 0.4) is 0 Å². The van der Waals surface area contributed by atoms with E-state index in [2.05, 4.69) is 20.9 Å². The fourth-order valence-corrected chi connectivity index (χ4v) is 3.10. The van der Waals surface area contributed by atoms with E-state index < -0.39 is 29.8 Å². The number of nitrogens with one attached hydrogen (secondary N) is 1. The summed E-state index contributed by atoms with van der Waals surface area (Å²) >= 11 is 0. The van der Waals surface area contributed by atoms with Gasteiger partial charge in [0.2, 0.25) is 0 Å². The summed E-state index contributed by atoms with van der Waals surface area (Å²) in [7, 11) is 0. The van der Waals surface area contributed by atoms with Crippen molar-refractivity contribution < 1.29 is 27.8 Å². The maximum Gasteiger partial charge on any atom is 0.586 e. The largest absolute Gasteiger partial charge is 0.586 e. The molecule has 3 rings (SSSR count). The lowest BCUT2D eigenvalue weighted by Gasteiger charge is -2.23. The highest BCUT2D eigenvalue weighted by atomic mass is 19.3. The van der Waals surface area contributed by atoms with Crippen LogP contribution in [0.25, 0.3) is 0 Å². The molecule has 2 aliphatic heterocycles. The van der Waals surface area contributed by atoms with E-state index in [0.29, 0.717) is 5.56 Å². The second kappa shape index (κ2) is 5.60. The topological polar surface area (TPSA) is 80.6 Å². The molecule has 6 nitrogen and oxygen atoms in total. The molecule has 8 heteroatoms. The first-order valence-electron chi connectivity index (χ1n) is 7.52. The van der Waals surface area contributed by atoms with E-state index in [-0.39, 0.29) is 24.5 Å². The van der Waals surface area contributed by atoms with Crippen LogP contribution in [-0.2, 0) is 9.53 Å². The lowest BCUT2D eigenvalue weighted by Crippen LogP contribution is -2.34. The molecule has 2 aliphatic rings. The van der Waals surface area contributed by atoms with Gasteiger partial charge in [-0.3, -0.25) is 10.1 Å². The highest BCUT2D eigenvalue weighted by Crippen LogP contribution is 2.47. The molecule has 24 heavy (non-hydrogen) atoms.